The lowest BCUT2D eigenvalue weighted by Crippen LogP contribution is -2.41. The van der Waals surface area contributed by atoms with Gasteiger partial charge < -0.3 is 9.80 Å². The van der Waals surface area contributed by atoms with Crippen molar-refractivity contribution in [3.63, 3.8) is 0 Å². The van der Waals surface area contributed by atoms with Gasteiger partial charge in [-0.25, -0.2) is 14.4 Å². The molecule has 0 bridgehead atoms. The number of benzene rings is 1. The summed E-state index contributed by atoms with van der Waals surface area (Å²) in [4.78, 5) is 18.6. The summed E-state index contributed by atoms with van der Waals surface area (Å²) in [7, 11) is 3.94. The second-order valence-corrected chi connectivity index (χ2v) is 8.33. The first-order valence-corrected chi connectivity index (χ1v) is 10.2. The van der Waals surface area contributed by atoms with Gasteiger partial charge in [-0.1, -0.05) is 11.6 Å². The first kappa shape index (κ1) is 19.5. The summed E-state index contributed by atoms with van der Waals surface area (Å²) in [5.41, 5.74) is 1.60. The Morgan fingerprint density at radius 2 is 2.10 bits per heavy atom. The average molecular weight is 428 g/mol. The molecule has 0 N–H and O–H groups in total. The Morgan fingerprint density at radius 1 is 1.28 bits per heavy atom. The van der Waals surface area contributed by atoms with E-state index in [4.69, 9.17) is 16.6 Å². The highest BCUT2D eigenvalue weighted by atomic mass is 35.5. The molecule has 3 heterocycles. The number of aryl methyl sites for hydroxylation is 1. The number of fused-ring (bicyclic) bond motifs is 1. The molecule has 0 unspecified atom stereocenters. The minimum atomic E-state index is -0.362. The number of rotatable bonds is 4. The number of anilines is 2. The molecule has 0 spiro atoms. The Kier molecular flexibility index (Phi) is 5.34. The number of halogens is 2. The quantitative estimate of drug-likeness (QED) is 0.596. The fraction of sp³-hybridized carbons (Fsp3) is 0.190. The second-order valence-electron chi connectivity index (χ2n) is 6.79. The molecule has 148 valence electrons. The van der Waals surface area contributed by atoms with Gasteiger partial charge in [-0.2, -0.15) is 0 Å². The van der Waals surface area contributed by atoms with Crippen LogP contribution in [0.5, 0.6) is 0 Å². The molecular weight excluding hydrogens is 409 g/mol. The van der Waals surface area contributed by atoms with Crippen LogP contribution in [-0.4, -0.2) is 30.2 Å². The number of aromatic nitrogens is 2. The van der Waals surface area contributed by atoms with Gasteiger partial charge in [-0.05, 0) is 49.4 Å². The van der Waals surface area contributed by atoms with Crippen LogP contribution in [0.3, 0.4) is 0 Å². The fourth-order valence-corrected chi connectivity index (χ4v) is 4.05. The molecule has 2 aromatic heterocycles. The standard InChI is InChI=1S/C21H19ClFN5S/c1-13-16(26-21(29-13)27(2)3)8-9-19-25-17-7-6-15(23)11-14(17)12-28(19)18-5-4-10-24-20(18)22/h4-12,19H,1-3H3/t19-/m1/s1. The van der Waals surface area contributed by atoms with Gasteiger partial charge in [0.2, 0.25) is 0 Å². The lowest BCUT2D eigenvalue weighted by Gasteiger charge is -2.28. The Morgan fingerprint density at radius 3 is 2.83 bits per heavy atom. The highest BCUT2D eigenvalue weighted by molar-refractivity contribution is 7.15. The summed E-state index contributed by atoms with van der Waals surface area (Å²) in [5.74, 6) is -0.310. The van der Waals surface area contributed by atoms with E-state index in [1.165, 1.54) is 12.1 Å². The van der Waals surface area contributed by atoms with Crippen molar-refractivity contribution in [2.75, 3.05) is 23.9 Å². The molecule has 4 rings (SSSR count). The zero-order valence-electron chi connectivity index (χ0n) is 16.2. The molecule has 1 atom stereocenters. The molecule has 0 fully saturated rings. The molecule has 5 nitrogen and oxygen atoms in total. The van der Waals surface area contributed by atoms with E-state index in [0.717, 1.165) is 21.1 Å². The van der Waals surface area contributed by atoms with E-state index in [1.807, 2.05) is 61.3 Å². The smallest absolute Gasteiger partial charge is 0.185 e. The van der Waals surface area contributed by atoms with Crippen LogP contribution in [0.1, 0.15) is 10.6 Å². The van der Waals surface area contributed by atoms with Gasteiger partial charge in [-0.3, -0.25) is 4.99 Å². The molecule has 0 aliphatic carbocycles. The third-order valence-corrected chi connectivity index (χ3v) is 5.92. The van der Waals surface area contributed by atoms with Crippen LogP contribution in [0.4, 0.5) is 15.2 Å². The van der Waals surface area contributed by atoms with Crippen LogP contribution in [0.2, 0.25) is 5.15 Å². The minimum Gasteiger partial charge on any atom is -0.354 e. The molecule has 29 heavy (non-hydrogen) atoms. The molecule has 1 aliphatic rings. The van der Waals surface area contributed by atoms with Crippen molar-refractivity contribution < 1.29 is 4.39 Å². The summed E-state index contributed by atoms with van der Waals surface area (Å²) in [5, 5.41) is 2.72. The lowest BCUT2D eigenvalue weighted by molar-refractivity contribution is 0.624. The van der Waals surface area contributed by atoms with Gasteiger partial charge in [-0.15, -0.1) is 11.3 Å². The minimum absolute atomic E-state index is 0.310. The molecule has 0 saturated carbocycles. The molecule has 0 amide bonds. The van der Waals surface area contributed by atoms with Crippen molar-refractivity contribution in [2.24, 2.45) is 4.99 Å². The van der Waals surface area contributed by atoms with E-state index in [9.17, 15) is 4.39 Å². The topological polar surface area (TPSA) is 44.6 Å². The monoisotopic (exact) mass is 427 g/mol. The fourth-order valence-electron chi connectivity index (χ4n) is 3.01. The van der Waals surface area contributed by atoms with Crippen LogP contribution < -0.4 is 20.4 Å². The van der Waals surface area contributed by atoms with Crippen LogP contribution >= 0.6 is 22.9 Å². The zero-order valence-corrected chi connectivity index (χ0v) is 17.7. The molecule has 3 aromatic rings. The van der Waals surface area contributed by atoms with E-state index < -0.39 is 0 Å². The van der Waals surface area contributed by atoms with Gasteiger partial charge in [0.05, 0.1) is 16.7 Å². The van der Waals surface area contributed by atoms with Crippen molar-refractivity contribution in [1.29, 1.82) is 0 Å². The number of pyridine rings is 1. The third kappa shape index (κ3) is 4.02. The van der Waals surface area contributed by atoms with Crippen LogP contribution in [0.15, 0.2) is 47.6 Å². The maximum atomic E-state index is 13.7. The van der Waals surface area contributed by atoms with Crippen molar-refractivity contribution >= 4 is 46.0 Å². The first-order valence-electron chi connectivity index (χ1n) is 8.99. The Bertz CT molecular complexity index is 1200. The summed E-state index contributed by atoms with van der Waals surface area (Å²) in [6.45, 7) is 2.04. The summed E-state index contributed by atoms with van der Waals surface area (Å²) in [6.07, 6.45) is 7.05. The van der Waals surface area contributed by atoms with E-state index in [0.29, 0.717) is 16.1 Å². The van der Waals surface area contributed by atoms with Crippen molar-refractivity contribution in [3.8, 4) is 0 Å². The van der Waals surface area contributed by atoms with E-state index in [1.54, 1.807) is 23.6 Å². The van der Waals surface area contributed by atoms with Gasteiger partial charge in [0.15, 0.2) is 10.3 Å². The Labute approximate surface area is 177 Å². The SMILES string of the molecule is Cc1sc(N(C)C)nc1C=C[C@@H]1N=c2ccc(F)cc2=CN1c1cccnc1Cl. The Balaban J connectivity index is 1.79. The highest BCUT2D eigenvalue weighted by Gasteiger charge is 2.20. The largest absolute Gasteiger partial charge is 0.354 e. The van der Waals surface area contributed by atoms with E-state index >= 15 is 0 Å². The Hall–Kier alpha value is -2.77. The van der Waals surface area contributed by atoms with Crippen LogP contribution in [0, 0.1) is 12.7 Å². The summed E-state index contributed by atoms with van der Waals surface area (Å²) >= 11 is 7.97. The van der Waals surface area contributed by atoms with Crippen molar-refractivity contribution in [2.45, 2.75) is 13.1 Å². The predicted octanol–water partition coefficient (Wildman–Crippen LogP) is 3.62. The molecule has 1 aliphatic heterocycles. The summed E-state index contributed by atoms with van der Waals surface area (Å²) in [6, 6.07) is 8.24. The van der Waals surface area contributed by atoms with Crippen LogP contribution in [0.25, 0.3) is 12.3 Å². The maximum Gasteiger partial charge on any atom is 0.185 e. The number of thiazole rings is 1. The predicted molar refractivity (Wildman–Crippen MR) is 117 cm³/mol. The second kappa shape index (κ2) is 7.93. The normalized spacial score (nSPS) is 15.8. The van der Waals surface area contributed by atoms with Crippen molar-refractivity contribution in [3.05, 3.63) is 74.7 Å². The lowest BCUT2D eigenvalue weighted by atomic mass is 10.2. The molecule has 0 radical (unpaired) electrons. The molecule has 1 aromatic carbocycles. The first-order chi connectivity index (χ1) is 13.9. The van der Waals surface area contributed by atoms with Gasteiger partial charge in [0.25, 0.3) is 0 Å². The third-order valence-electron chi connectivity index (χ3n) is 4.47. The maximum absolute atomic E-state index is 13.7. The van der Waals surface area contributed by atoms with E-state index in [2.05, 4.69) is 9.97 Å². The van der Waals surface area contributed by atoms with Crippen molar-refractivity contribution in [1.82, 2.24) is 9.97 Å². The zero-order chi connectivity index (χ0) is 20.5. The summed E-state index contributed by atoms with van der Waals surface area (Å²) < 4.78 is 13.7. The van der Waals surface area contributed by atoms with Gasteiger partial charge in [0.1, 0.15) is 12.0 Å². The average Bonchev–Trinajstić information content (AvgIpc) is 3.07. The van der Waals surface area contributed by atoms with Gasteiger partial charge >= 0.3 is 0 Å². The molecule has 0 saturated heterocycles. The van der Waals surface area contributed by atoms with Crippen LogP contribution in [-0.2, 0) is 0 Å². The molecular formula is C21H19ClFN5S. The number of nitrogens with zero attached hydrogens (tertiary/aromatic N) is 5. The molecule has 8 heteroatoms. The van der Waals surface area contributed by atoms with E-state index in [-0.39, 0.29) is 12.0 Å². The number of hydrogen-bond acceptors (Lipinski definition) is 6. The number of hydrogen-bond donors (Lipinski definition) is 0. The van der Waals surface area contributed by atoms with Gasteiger partial charge in [0, 0.05) is 36.6 Å². The highest BCUT2D eigenvalue weighted by Crippen LogP contribution is 2.28.